The van der Waals surface area contributed by atoms with E-state index in [0.717, 1.165) is 29.7 Å². The number of hydrogen-bond acceptors (Lipinski definition) is 0. The Morgan fingerprint density at radius 1 is 0.531 bits per heavy atom. The highest BCUT2D eigenvalue weighted by molar-refractivity contribution is 5.88. The third kappa shape index (κ3) is 5.04. The topological polar surface area (TPSA) is 0 Å². The Morgan fingerprint density at radius 2 is 1.19 bits per heavy atom. The Kier molecular flexibility index (Phi) is 6.94. The van der Waals surface area contributed by atoms with Crippen LogP contribution in [0.15, 0.2) is 72.8 Å². The van der Waals surface area contributed by atoms with Gasteiger partial charge in [-0.25, -0.2) is 13.2 Å². The first-order chi connectivity index (χ1) is 15.5. The monoisotopic (exact) mass is 432 g/mol. The highest BCUT2D eigenvalue weighted by Crippen LogP contribution is 2.31. The normalized spacial score (nSPS) is 11.2. The summed E-state index contributed by atoms with van der Waals surface area (Å²) in [6.45, 7) is 2.22. The maximum Gasteiger partial charge on any atom is 0.159 e. The lowest BCUT2D eigenvalue weighted by Gasteiger charge is -2.09. The van der Waals surface area contributed by atoms with E-state index in [1.807, 2.05) is 18.2 Å². The van der Waals surface area contributed by atoms with Crippen molar-refractivity contribution in [3.8, 4) is 22.3 Å². The molecule has 0 nitrogen and oxygen atoms in total. The highest BCUT2D eigenvalue weighted by Gasteiger charge is 2.10. The summed E-state index contributed by atoms with van der Waals surface area (Å²) in [6.07, 6.45) is 7.38. The lowest BCUT2D eigenvalue weighted by Crippen LogP contribution is -1.90. The van der Waals surface area contributed by atoms with Gasteiger partial charge in [0.2, 0.25) is 0 Å². The van der Waals surface area contributed by atoms with E-state index in [9.17, 15) is 13.2 Å². The summed E-state index contributed by atoms with van der Waals surface area (Å²) in [4.78, 5) is 0. The smallest absolute Gasteiger partial charge is 0.159 e. The molecule has 0 heterocycles. The number of rotatable bonds is 8. The van der Waals surface area contributed by atoms with Crippen LogP contribution in [0, 0.1) is 17.5 Å². The lowest BCUT2D eigenvalue weighted by atomic mass is 9.96. The van der Waals surface area contributed by atoms with Crippen LogP contribution < -0.4 is 0 Å². The number of aryl methyl sites for hydroxylation is 1. The summed E-state index contributed by atoms with van der Waals surface area (Å²) in [6, 6.07) is 20.9. The first kappa shape index (κ1) is 22.1. The van der Waals surface area contributed by atoms with E-state index in [4.69, 9.17) is 0 Å². The van der Waals surface area contributed by atoms with Gasteiger partial charge in [-0.05, 0) is 70.1 Å². The molecule has 0 aromatic heterocycles. The molecule has 0 fully saturated rings. The largest absolute Gasteiger partial charge is 0.206 e. The van der Waals surface area contributed by atoms with E-state index in [2.05, 4.69) is 19.1 Å². The van der Waals surface area contributed by atoms with Gasteiger partial charge in [-0.1, -0.05) is 81.1 Å². The predicted octanol–water partition coefficient (Wildman–Crippen LogP) is 9.10. The molecule has 0 amide bonds. The van der Waals surface area contributed by atoms with Gasteiger partial charge in [0, 0.05) is 5.56 Å². The molecular weight excluding hydrogens is 405 g/mol. The predicted molar refractivity (Wildman–Crippen MR) is 127 cm³/mol. The fraction of sp³-hybridized carbons (Fsp3) is 0.241. The Balaban J connectivity index is 1.51. The minimum atomic E-state index is -0.908. The average Bonchev–Trinajstić information content (AvgIpc) is 2.80. The molecule has 4 aromatic rings. The van der Waals surface area contributed by atoms with Crippen LogP contribution in [-0.2, 0) is 6.42 Å². The number of halogens is 3. The van der Waals surface area contributed by atoms with E-state index < -0.39 is 11.6 Å². The van der Waals surface area contributed by atoms with Crippen LogP contribution in [0.2, 0.25) is 0 Å². The molecule has 4 rings (SSSR count). The van der Waals surface area contributed by atoms with Gasteiger partial charge in [-0.15, -0.1) is 0 Å². The molecule has 3 heteroatoms. The van der Waals surface area contributed by atoms with E-state index in [1.54, 1.807) is 24.3 Å². The fourth-order valence-electron chi connectivity index (χ4n) is 4.13. The molecule has 0 aliphatic heterocycles. The second-order valence-electron chi connectivity index (χ2n) is 8.38. The fourth-order valence-corrected chi connectivity index (χ4v) is 4.13. The van der Waals surface area contributed by atoms with E-state index >= 15 is 0 Å². The molecule has 0 spiro atoms. The second kappa shape index (κ2) is 10.0. The Bertz CT molecular complexity index is 1210. The van der Waals surface area contributed by atoms with Gasteiger partial charge in [0.05, 0.1) is 0 Å². The maximum absolute atomic E-state index is 15.0. The van der Waals surface area contributed by atoms with Gasteiger partial charge in [-0.2, -0.15) is 0 Å². The van der Waals surface area contributed by atoms with Crippen LogP contribution in [0.4, 0.5) is 13.2 Å². The van der Waals surface area contributed by atoms with Crippen molar-refractivity contribution in [1.82, 2.24) is 0 Å². The van der Waals surface area contributed by atoms with Crippen molar-refractivity contribution in [3.63, 3.8) is 0 Å². The van der Waals surface area contributed by atoms with Crippen molar-refractivity contribution < 1.29 is 13.2 Å². The Labute approximate surface area is 187 Å². The summed E-state index contributed by atoms with van der Waals surface area (Å²) in [7, 11) is 0. The summed E-state index contributed by atoms with van der Waals surface area (Å²) in [5.41, 5.74) is 4.16. The number of hydrogen-bond donors (Lipinski definition) is 0. The van der Waals surface area contributed by atoms with Crippen LogP contribution in [0.5, 0.6) is 0 Å². The van der Waals surface area contributed by atoms with Gasteiger partial charge in [0.1, 0.15) is 5.82 Å². The summed E-state index contributed by atoms with van der Waals surface area (Å²) < 4.78 is 42.0. The van der Waals surface area contributed by atoms with Crippen molar-refractivity contribution >= 4 is 10.8 Å². The van der Waals surface area contributed by atoms with Gasteiger partial charge in [-0.3, -0.25) is 0 Å². The standard InChI is InChI=1S/C29H27F3/c1-2-3-4-5-6-7-20-8-10-21(11-9-20)22-14-15-26(27(30)17-22)24-13-12-23-18-28(31)29(32)19-25(23)16-24/h8-19H,2-7H2,1H3. The Hall–Kier alpha value is -3.07. The van der Waals surface area contributed by atoms with Crippen molar-refractivity contribution in [1.29, 1.82) is 0 Å². The maximum atomic E-state index is 15.0. The summed E-state index contributed by atoms with van der Waals surface area (Å²) in [5, 5.41) is 1.12. The molecule has 32 heavy (non-hydrogen) atoms. The van der Waals surface area contributed by atoms with Crippen LogP contribution in [0.3, 0.4) is 0 Å². The van der Waals surface area contributed by atoms with Crippen molar-refractivity contribution in [2.24, 2.45) is 0 Å². The molecule has 0 aliphatic rings. The number of benzene rings is 4. The van der Waals surface area contributed by atoms with Crippen LogP contribution in [0.1, 0.15) is 44.6 Å². The van der Waals surface area contributed by atoms with E-state index in [0.29, 0.717) is 21.9 Å². The van der Waals surface area contributed by atoms with Crippen LogP contribution >= 0.6 is 0 Å². The third-order valence-electron chi connectivity index (χ3n) is 6.02. The molecule has 0 radical (unpaired) electrons. The van der Waals surface area contributed by atoms with Crippen LogP contribution in [0.25, 0.3) is 33.0 Å². The van der Waals surface area contributed by atoms with Crippen LogP contribution in [-0.4, -0.2) is 0 Å². The van der Waals surface area contributed by atoms with E-state index in [1.165, 1.54) is 43.7 Å². The van der Waals surface area contributed by atoms with E-state index in [-0.39, 0.29) is 5.82 Å². The lowest BCUT2D eigenvalue weighted by molar-refractivity contribution is 0.511. The van der Waals surface area contributed by atoms with Gasteiger partial charge in [0.15, 0.2) is 11.6 Å². The summed E-state index contributed by atoms with van der Waals surface area (Å²) >= 11 is 0. The molecule has 0 unspecified atom stereocenters. The molecule has 0 saturated carbocycles. The van der Waals surface area contributed by atoms with Crippen molar-refractivity contribution in [2.75, 3.05) is 0 Å². The molecule has 0 N–H and O–H groups in total. The SMILES string of the molecule is CCCCCCCc1ccc(-c2ccc(-c3ccc4cc(F)c(F)cc4c3)c(F)c2)cc1. The van der Waals surface area contributed by atoms with Gasteiger partial charge < -0.3 is 0 Å². The highest BCUT2D eigenvalue weighted by atomic mass is 19.2. The van der Waals surface area contributed by atoms with Gasteiger partial charge in [0.25, 0.3) is 0 Å². The molecule has 0 aliphatic carbocycles. The third-order valence-corrected chi connectivity index (χ3v) is 6.02. The Morgan fingerprint density at radius 3 is 1.91 bits per heavy atom. The molecule has 164 valence electrons. The molecule has 0 saturated heterocycles. The van der Waals surface area contributed by atoms with Crippen molar-refractivity contribution in [3.05, 3.63) is 95.8 Å². The minimum absolute atomic E-state index is 0.343. The molecule has 4 aromatic carbocycles. The molecule has 0 atom stereocenters. The zero-order valence-electron chi connectivity index (χ0n) is 18.3. The first-order valence-corrected chi connectivity index (χ1v) is 11.3. The average molecular weight is 433 g/mol. The second-order valence-corrected chi connectivity index (χ2v) is 8.38. The number of fused-ring (bicyclic) bond motifs is 1. The zero-order chi connectivity index (χ0) is 22.5. The molecule has 0 bridgehead atoms. The number of unbranched alkanes of at least 4 members (excludes halogenated alkanes) is 4. The molecular formula is C29H27F3. The summed E-state index contributed by atoms with van der Waals surface area (Å²) in [5.74, 6) is -2.14. The first-order valence-electron chi connectivity index (χ1n) is 11.3. The van der Waals surface area contributed by atoms with Crippen molar-refractivity contribution in [2.45, 2.75) is 45.4 Å². The zero-order valence-corrected chi connectivity index (χ0v) is 18.3. The minimum Gasteiger partial charge on any atom is -0.206 e. The van der Waals surface area contributed by atoms with Gasteiger partial charge >= 0.3 is 0 Å². The quantitative estimate of drug-likeness (QED) is 0.244.